The lowest BCUT2D eigenvalue weighted by atomic mass is 10.1. The van der Waals surface area contributed by atoms with Gasteiger partial charge in [-0.1, -0.05) is 24.3 Å². The summed E-state index contributed by atoms with van der Waals surface area (Å²) >= 11 is 0.858. The van der Waals surface area contributed by atoms with Crippen molar-refractivity contribution in [3.8, 4) is 0 Å². The van der Waals surface area contributed by atoms with Crippen molar-refractivity contribution in [2.24, 2.45) is 0 Å². The molecular formula is C21H24N4O7S3. The van der Waals surface area contributed by atoms with Gasteiger partial charge in [-0.15, -0.1) is 11.3 Å². The van der Waals surface area contributed by atoms with Crippen molar-refractivity contribution >= 4 is 59.7 Å². The fraction of sp³-hybridized carbons (Fsp3) is 0.238. The molecule has 0 spiro atoms. The molecule has 3 rings (SSSR count). The molecule has 0 unspecified atom stereocenters. The molecule has 0 fully saturated rings. The minimum atomic E-state index is -3.93. The normalized spacial score (nSPS) is 11.9. The zero-order valence-electron chi connectivity index (χ0n) is 18.8. The molecule has 0 radical (unpaired) electrons. The van der Waals surface area contributed by atoms with E-state index >= 15 is 0 Å². The van der Waals surface area contributed by atoms with Gasteiger partial charge in [0.1, 0.15) is 4.21 Å². The molecule has 0 atom stereocenters. The number of thiophene rings is 1. The van der Waals surface area contributed by atoms with Gasteiger partial charge in [-0.2, -0.15) is 0 Å². The quantitative estimate of drug-likeness (QED) is 0.218. The number of sulfonamides is 2. The van der Waals surface area contributed by atoms with Crippen molar-refractivity contribution < 1.29 is 31.5 Å². The first-order valence-electron chi connectivity index (χ1n) is 10.2. The summed E-state index contributed by atoms with van der Waals surface area (Å²) < 4.78 is 55.5. The van der Waals surface area contributed by atoms with Gasteiger partial charge in [0.15, 0.2) is 0 Å². The Balaban J connectivity index is 1.63. The Labute approximate surface area is 206 Å². The number of amides is 1. The first-order chi connectivity index (χ1) is 16.4. The van der Waals surface area contributed by atoms with Crippen LogP contribution in [0.5, 0.6) is 0 Å². The summed E-state index contributed by atoms with van der Waals surface area (Å²) in [6.45, 7) is -0.512. The molecular weight excluding hydrogens is 516 g/mol. The van der Waals surface area contributed by atoms with Gasteiger partial charge in [0.05, 0.1) is 11.4 Å². The Morgan fingerprint density at radius 1 is 0.886 bits per heavy atom. The van der Waals surface area contributed by atoms with E-state index < -0.39 is 31.9 Å². The van der Waals surface area contributed by atoms with Crippen molar-refractivity contribution in [1.82, 2.24) is 14.8 Å². The molecule has 4 N–H and O–H groups in total. The summed E-state index contributed by atoms with van der Waals surface area (Å²) in [5.74, 6) is -2.84. The van der Waals surface area contributed by atoms with Gasteiger partial charge in [-0.05, 0) is 24.3 Å². The number of nitrogens with one attached hydrogen (secondary N) is 3. The molecule has 0 aliphatic rings. The predicted molar refractivity (Wildman–Crippen MR) is 132 cm³/mol. The number of carboxylic acids is 1. The van der Waals surface area contributed by atoms with Crippen molar-refractivity contribution in [2.45, 2.75) is 15.6 Å². The summed E-state index contributed by atoms with van der Waals surface area (Å²) in [6.07, 6.45) is 0. The van der Waals surface area contributed by atoms with E-state index in [0.717, 1.165) is 22.4 Å². The smallest absolute Gasteiger partial charge is 0.394 e. The predicted octanol–water partition coefficient (Wildman–Crippen LogP) is 0.925. The summed E-state index contributed by atoms with van der Waals surface area (Å²) in [4.78, 5) is 24.1. The van der Waals surface area contributed by atoms with E-state index in [4.69, 9.17) is 5.11 Å². The number of carbonyl (C=O) groups is 2. The summed E-state index contributed by atoms with van der Waals surface area (Å²) in [7, 11) is -4.12. The molecule has 0 aliphatic heterocycles. The number of benzene rings is 2. The molecule has 14 heteroatoms. The van der Waals surface area contributed by atoms with Crippen LogP contribution in [0.2, 0.25) is 0 Å². The fourth-order valence-corrected chi connectivity index (χ4v) is 6.87. The molecule has 0 saturated carbocycles. The van der Waals surface area contributed by atoms with E-state index in [1.165, 1.54) is 18.2 Å². The van der Waals surface area contributed by atoms with Gasteiger partial charge in [-0.25, -0.2) is 31.1 Å². The average molecular weight is 541 g/mol. The average Bonchev–Trinajstić information content (AvgIpc) is 3.29. The lowest BCUT2D eigenvalue weighted by molar-refractivity contribution is -0.150. The van der Waals surface area contributed by atoms with Crippen LogP contribution in [0.1, 0.15) is 4.88 Å². The molecule has 1 heterocycles. The number of carbonyl (C=O) groups excluding carboxylic acids is 1. The number of nitrogens with zero attached hydrogens (tertiary/aromatic N) is 1. The van der Waals surface area contributed by atoms with E-state index in [9.17, 15) is 26.4 Å². The first kappa shape index (κ1) is 26.6. The second-order valence-electron chi connectivity index (χ2n) is 7.53. The summed E-state index contributed by atoms with van der Waals surface area (Å²) in [5.41, 5.74) is 0.866. The lowest BCUT2D eigenvalue weighted by Crippen LogP contribution is -2.34. The van der Waals surface area contributed by atoms with Crippen LogP contribution in [0.25, 0.3) is 10.8 Å². The highest BCUT2D eigenvalue weighted by atomic mass is 32.2. The number of anilines is 1. The number of rotatable bonds is 10. The molecule has 1 amide bonds. The summed E-state index contributed by atoms with van der Waals surface area (Å²) in [5, 5.41) is 12.0. The Hall–Kier alpha value is -3.04. The van der Waals surface area contributed by atoms with Crippen LogP contribution in [0.4, 0.5) is 5.69 Å². The maximum atomic E-state index is 12.9. The van der Waals surface area contributed by atoms with Crippen LogP contribution >= 0.6 is 11.3 Å². The zero-order chi connectivity index (χ0) is 25.8. The maximum absolute atomic E-state index is 12.9. The highest BCUT2D eigenvalue weighted by Crippen LogP contribution is 2.30. The second-order valence-corrected chi connectivity index (χ2v) is 12.4. The van der Waals surface area contributed by atoms with E-state index in [1.54, 1.807) is 18.2 Å². The fourth-order valence-electron chi connectivity index (χ4n) is 3.25. The molecule has 0 saturated heterocycles. The number of hydrogen-bond acceptors (Lipinski definition) is 8. The van der Waals surface area contributed by atoms with Gasteiger partial charge in [0, 0.05) is 48.5 Å². The van der Waals surface area contributed by atoms with E-state index in [-0.39, 0.29) is 28.7 Å². The van der Waals surface area contributed by atoms with Gasteiger partial charge in [-0.3, -0.25) is 4.79 Å². The molecule has 35 heavy (non-hydrogen) atoms. The Bertz CT molecular complexity index is 1470. The summed E-state index contributed by atoms with van der Waals surface area (Å²) in [6, 6.07) is 13.1. The van der Waals surface area contributed by atoms with Gasteiger partial charge in [0.2, 0.25) is 20.0 Å². The standard InChI is InChI=1S/C21H24N4O7S3/c1-25(2)17-7-3-6-16-15(17)5-4-8-18(16)34(29,30)23-11-12-24-35(31,32)19-10-9-14(33-19)13-22-20(26)21(27)28/h3-10,23-24H,11-13H2,1-2H3,(H,22,26)(H,27,28). The third kappa shape index (κ3) is 6.35. The van der Waals surface area contributed by atoms with Crippen LogP contribution in [-0.4, -0.2) is 61.0 Å². The topological polar surface area (TPSA) is 162 Å². The molecule has 3 aromatic rings. The first-order valence-corrected chi connectivity index (χ1v) is 14.0. The molecule has 11 nitrogen and oxygen atoms in total. The Kier molecular flexibility index (Phi) is 8.12. The number of carboxylic acid groups (broad SMARTS) is 1. The van der Waals surface area contributed by atoms with Crippen molar-refractivity contribution in [2.75, 3.05) is 32.1 Å². The SMILES string of the molecule is CN(C)c1cccc2c(S(=O)(=O)NCCNS(=O)(=O)c3ccc(CNC(=O)C(=O)O)s3)cccc12. The number of fused-ring (bicyclic) bond motifs is 1. The lowest BCUT2D eigenvalue weighted by Gasteiger charge is -2.17. The third-order valence-electron chi connectivity index (χ3n) is 4.86. The van der Waals surface area contributed by atoms with Crippen molar-refractivity contribution in [3.05, 3.63) is 53.4 Å². The van der Waals surface area contributed by atoms with Gasteiger partial charge >= 0.3 is 11.9 Å². The number of hydrogen-bond donors (Lipinski definition) is 4. The van der Waals surface area contributed by atoms with E-state index in [0.29, 0.717) is 10.3 Å². The van der Waals surface area contributed by atoms with Crippen molar-refractivity contribution in [1.29, 1.82) is 0 Å². The molecule has 0 bridgehead atoms. The highest BCUT2D eigenvalue weighted by molar-refractivity contribution is 7.91. The largest absolute Gasteiger partial charge is 0.474 e. The van der Waals surface area contributed by atoms with Crippen LogP contribution in [0.15, 0.2) is 57.6 Å². The number of aliphatic carboxylic acids is 1. The van der Waals surface area contributed by atoms with Gasteiger partial charge in [0.25, 0.3) is 0 Å². The maximum Gasteiger partial charge on any atom is 0.394 e. The van der Waals surface area contributed by atoms with Crippen LogP contribution < -0.4 is 19.7 Å². The van der Waals surface area contributed by atoms with Crippen molar-refractivity contribution in [3.63, 3.8) is 0 Å². The molecule has 2 aromatic carbocycles. The third-order valence-corrected chi connectivity index (χ3v) is 9.42. The van der Waals surface area contributed by atoms with Crippen LogP contribution in [-0.2, 0) is 36.2 Å². The van der Waals surface area contributed by atoms with Crippen LogP contribution in [0.3, 0.4) is 0 Å². The van der Waals surface area contributed by atoms with Crippen LogP contribution in [0, 0.1) is 0 Å². The molecule has 1 aromatic heterocycles. The van der Waals surface area contributed by atoms with E-state index in [1.807, 2.05) is 31.1 Å². The van der Waals surface area contributed by atoms with Gasteiger partial charge < -0.3 is 15.3 Å². The monoisotopic (exact) mass is 540 g/mol. The Morgan fingerprint density at radius 3 is 2.17 bits per heavy atom. The second kappa shape index (κ2) is 10.7. The zero-order valence-corrected chi connectivity index (χ0v) is 21.3. The highest BCUT2D eigenvalue weighted by Gasteiger charge is 2.20. The minimum absolute atomic E-state index is 0.0507. The minimum Gasteiger partial charge on any atom is -0.474 e. The molecule has 0 aliphatic carbocycles. The van der Waals surface area contributed by atoms with E-state index in [2.05, 4.69) is 14.8 Å². The Morgan fingerprint density at radius 2 is 1.51 bits per heavy atom. The molecule has 188 valence electrons.